The van der Waals surface area contributed by atoms with Crippen LogP contribution in [-0.2, 0) is 20.9 Å². The third kappa shape index (κ3) is 3.78. The lowest BCUT2D eigenvalue weighted by atomic mass is 10.00. The molecule has 0 radical (unpaired) electrons. The van der Waals surface area contributed by atoms with Gasteiger partial charge in [-0.05, 0) is 17.7 Å². The highest BCUT2D eigenvalue weighted by atomic mass is 16.7. The Labute approximate surface area is 132 Å². The van der Waals surface area contributed by atoms with E-state index in [0.717, 1.165) is 5.56 Å². The minimum absolute atomic E-state index is 0.240. The summed E-state index contributed by atoms with van der Waals surface area (Å²) < 4.78 is 15.7. The van der Waals surface area contributed by atoms with Crippen molar-refractivity contribution in [2.45, 2.75) is 37.3 Å². The van der Waals surface area contributed by atoms with Crippen molar-refractivity contribution in [3.63, 3.8) is 0 Å². The fourth-order valence-corrected chi connectivity index (χ4v) is 2.26. The Balaban J connectivity index is 2.18. The molecule has 128 valence electrons. The Hall–Kier alpha value is -1.75. The number of anilines is 1. The Kier molecular flexibility index (Phi) is 5.88. The van der Waals surface area contributed by atoms with Crippen LogP contribution in [0.25, 0.3) is 0 Å². The number of nitrogens with one attached hydrogen (secondary N) is 1. The molecule has 1 aliphatic rings. The predicted octanol–water partition coefficient (Wildman–Crippen LogP) is -1.50. The van der Waals surface area contributed by atoms with E-state index in [2.05, 4.69) is 5.43 Å². The third-order valence-electron chi connectivity index (χ3n) is 3.49. The first-order chi connectivity index (χ1) is 11.0. The number of methoxy groups -OCH3 is 1. The maximum Gasteiger partial charge on any atom is 0.229 e. The van der Waals surface area contributed by atoms with Crippen LogP contribution in [0.3, 0.4) is 0 Å². The summed E-state index contributed by atoms with van der Waals surface area (Å²) in [7, 11) is 1.55. The van der Waals surface area contributed by atoms with Crippen molar-refractivity contribution in [1.29, 1.82) is 0 Å². The number of hydrazine groups is 1. The molecule has 0 aliphatic carbocycles. The van der Waals surface area contributed by atoms with E-state index in [4.69, 9.17) is 20.1 Å². The van der Waals surface area contributed by atoms with Crippen LogP contribution in [0.5, 0.6) is 5.75 Å². The average molecular weight is 328 g/mol. The Morgan fingerprint density at radius 1 is 1.30 bits per heavy atom. The summed E-state index contributed by atoms with van der Waals surface area (Å²) in [4.78, 5) is 10.9. The lowest BCUT2D eigenvalue weighted by Crippen LogP contribution is -2.59. The smallest absolute Gasteiger partial charge is 0.229 e. The topological polar surface area (TPSA) is 144 Å². The number of carbonyl (C=O) groups excluding carboxylic acids is 1. The van der Waals surface area contributed by atoms with E-state index in [-0.39, 0.29) is 5.75 Å². The monoisotopic (exact) mass is 328 g/mol. The molecular formula is C14H20N2O7. The second kappa shape index (κ2) is 7.68. The number of nitrogen functional groups attached to an aromatic ring is 1. The molecule has 23 heavy (non-hydrogen) atoms. The number of nitrogens with two attached hydrogens (primary N) is 1. The largest absolute Gasteiger partial charge is 0.460 e. The standard InChI is InChI=1S/C14H20N2O7/c1-21-6-7-2-3-9(8(4-7)16-15)22-14-13(20)12(19)11(18)10(5-17)23-14/h2-5,10-14,16,18-20H,6,15H2,1H3. The molecule has 5 unspecified atom stereocenters. The number of benzene rings is 1. The predicted molar refractivity (Wildman–Crippen MR) is 78.3 cm³/mol. The van der Waals surface area contributed by atoms with E-state index in [1.807, 2.05) is 0 Å². The van der Waals surface area contributed by atoms with Gasteiger partial charge in [0.15, 0.2) is 6.29 Å². The van der Waals surface area contributed by atoms with Crippen LogP contribution < -0.4 is 16.0 Å². The van der Waals surface area contributed by atoms with Crippen LogP contribution in [0.4, 0.5) is 5.69 Å². The van der Waals surface area contributed by atoms with Crippen molar-refractivity contribution in [1.82, 2.24) is 0 Å². The van der Waals surface area contributed by atoms with Crippen molar-refractivity contribution in [3.05, 3.63) is 23.8 Å². The third-order valence-corrected chi connectivity index (χ3v) is 3.49. The first-order valence-corrected chi connectivity index (χ1v) is 6.92. The summed E-state index contributed by atoms with van der Waals surface area (Å²) in [5.41, 5.74) is 3.68. The van der Waals surface area contributed by atoms with Gasteiger partial charge in [-0.2, -0.15) is 0 Å². The van der Waals surface area contributed by atoms with Crippen LogP contribution in [0, 0.1) is 0 Å². The van der Waals surface area contributed by atoms with E-state index < -0.39 is 30.7 Å². The maximum atomic E-state index is 10.9. The molecule has 0 aromatic heterocycles. The van der Waals surface area contributed by atoms with Gasteiger partial charge in [0.05, 0.1) is 12.3 Å². The van der Waals surface area contributed by atoms with Crippen LogP contribution in [0.2, 0.25) is 0 Å². The number of ether oxygens (including phenoxy) is 3. The Morgan fingerprint density at radius 3 is 2.65 bits per heavy atom. The second-order valence-corrected chi connectivity index (χ2v) is 5.10. The van der Waals surface area contributed by atoms with Gasteiger partial charge in [0.25, 0.3) is 0 Å². The van der Waals surface area contributed by atoms with E-state index in [9.17, 15) is 20.1 Å². The molecular weight excluding hydrogens is 308 g/mol. The quantitative estimate of drug-likeness (QED) is 0.239. The van der Waals surface area contributed by atoms with Crippen molar-refractivity contribution in [2.75, 3.05) is 12.5 Å². The fourth-order valence-electron chi connectivity index (χ4n) is 2.26. The molecule has 1 fully saturated rings. The summed E-state index contributed by atoms with van der Waals surface area (Å²) in [5, 5.41) is 29.3. The van der Waals surface area contributed by atoms with Gasteiger partial charge in [0.2, 0.25) is 6.29 Å². The van der Waals surface area contributed by atoms with Crippen LogP contribution in [0.1, 0.15) is 5.56 Å². The van der Waals surface area contributed by atoms with Gasteiger partial charge in [-0.3, -0.25) is 5.84 Å². The van der Waals surface area contributed by atoms with Crippen LogP contribution >= 0.6 is 0 Å². The van der Waals surface area contributed by atoms with Crippen LogP contribution in [0.15, 0.2) is 18.2 Å². The van der Waals surface area contributed by atoms with Gasteiger partial charge in [-0.15, -0.1) is 0 Å². The normalized spacial score (nSPS) is 30.7. The van der Waals surface area contributed by atoms with Gasteiger partial charge in [0.1, 0.15) is 30.2 Å². The summed E-state index contributed by atoms with van der Waals surface area (Å²) >= 11 is 0. The first-order valence-electron chi connectivity index (χ1n) is 6.92. The number of rotatable bonds is 6. The molecule has 1 aromatic rings. The highest BCUT2D eigenvalue weighted by molar-refractivity contribution is 5.58. The second-order valence-electron chi connectivity index (χ2n) is 5.10. The zero-order valence-electron chi connectivity index (χ0n) is 12.5. The van der Waals surface area contributed by atoms with Gasteiger partial charge in [-0.1, -0.05) is 6.07 Å². The molecule has 1 heterocycles. The lowest BCUT2D eigenvalue weighted by Gasteiger charge is -2.38. The average Bonchev–Trinajstić information content (AvgIpc) is 2.56. The molecule has 9 heteroatoms. The molecule has 0 saturated carbocycles. The van der Waals surface area contributed by atoms with E-state index in [1.54, 1.807) is 25.3 Å². The molecule has 1 aliphatic heterocycles. The van der Waals surface area contributed by atoms with E-state index >= 15 is 0 Å². The zero-order chi connectivity index (χ0) is 17.0. The molecule has 6 N–H and O–H groups in total. The molecule has 2 rings (SSSR count). The molecule has 9 nitrogen and oxygen atoms in total. The van der Waals surface area contributed by atoms with E-state index in [1.165, 1.54) is 0 Å². The first kappa shape index (κ1) is 17.6. The number of hydrogen-bond acceptors (Lipinski definition) is 9. The summed E-state index contributed by atoms with van der Waals surface area (Å²) in [6.45, 7) is 0.371. The van der Waals surface area contributed by atoms with Crippen molar-refractivity contribution in [2.24, 2.45) is 5.84 Å². The summed E-state index contributed by atoms with van der Waals surface area (Å²) in [5.74, 6) is 5.68. The Morgan fingerprint density at radius 2 is 2.04 bits per heavy atom. The number of aliphatic hydroxyl groups is 3. The number of hydrogen-bond donors (Lipinski definition) is 5. The zero-order valence-corrected chi connectivity index (χ0v) is 12.5. The van der Waals surface area contributed by atoms with Gasteiger partial charge in [0, 0.05) is 7.11 Å². The molecule has 0 bridgehead atoms. The van der Waals surface area contributed by atoms with Crippen molar-refractivity contribution < 1.29 is 34.3 Å². The number of carbonyl (C=O) groups is 1. The molecule has 1 saturated heterocycles. The van der Waals surface area contributed by atoms with E-state index in [0.29, 0.717) is 18.6 Å². The molecule has 1 aromatic carbocycles. The van der Waals surface area contributed by atoms with Gasteiger partial charge in [-0.25, -0.2) is 0 Å². The highest BCUT2D eigenvalue weighted by Crippen LogP contribution is 2.29. The minimum Gasteiger partial charge on any atom is -0.460 e. The highest BCUT2D eigenvalue weighted by Gasteiger charge is 2.45. The van der Waals surface area contributed by atoms with Gasteiger partial charge < -0.3 is 39.8 Å². The Bertz CT molecular complexity index is 542. The lowest BCUT2D eigenvalue weighted by molar-refractivity contribution is -0.263. The van der Waals surface area contributed by atoms with Crippen molar-refractivity contribution >= 4 is 12.0 Å². The molecule has 0 spiro atoms. The molecule has 0 amide bonds. The number of aldehydes is 1. The number of aliphatic hydroxyl groups excluding tert-OH is 3. The summed E-state index contributed by atoms with van der Waals surface area (Å²) in [6, 6.07) is 4.97. The maximum absolute atomic E-state index is 10.9. The summed E-state index contributed by atoms with van der Waals surface area (Å²) in [6.07, 6.45) is -6.96. The fraction of sp³-hybridized carbons (Fsp3) is 0.500. The minimum atomic E-state index is -1.58. The van der Waals surface area contributed by atoms with Gasteiger partial charge >= 0.3 is 0 Å². The van der Waals surface area contributed by atoms with Crippen molar-refractivity contribution in [3.8, 4) is 5.75 Å². The SMILES string of the molecule is COCc1ccc(OC2OC(C=O)C(O)C(O)C2O)c(NN)c1. The van der Waals surface area contributed by atoms with Crippen LogP contribution in [-0.4, -0.2) is 59.4 Å². The molecule has 5 atom stereocenters.